The lowest BCUT2D eigenvalue weighted by atomic mass is 10.1. The Bertz CT molecular complexity index is 151. The summed E-state index contributed by atoms with van der Waals surface area (Å²) in [4.78, 5) is 0. The van der Waals surface area contributed by atoms with E-state index in [1.807, 2.05) is 0 Å². The topological polar surface area (TPSA) is 110 Å². The molecule has 0 bridgehead atoms. The Hall–Kier alpha value is -0.240. The van der Waals surface area contributed by atoms with Gasteiger partial charge in [0, 0.05) is 0 Å². The summed E-state index contributed by atoms with van der Waals surface area (Å²) >= 11 is 0. The van der Waals surface area contributed by atoms with Crippen LogP contribution in [0.15, 0.2) is 0 Å². The van der Waals surface area contributed by atoms with E-state index in [2.05, 4.69) is 4.74 Å². The van der Waals surface area contributed by atoms with Gasteiger partial charge < -0.3 is 30.3 Å². The number of ether oxygens (including phenoxy) is 1. The largest absolute Gasteiger partial charge is 0.394 e. The minimum Gasteiger partial charge on any atom is -0.394 e. The van der Waals surface area contributed by atoms with E-state index in [1.165, 1.54) is 0 Å². The van der Waals surface area contributed by atoms with Crippen molar-refractivity contribution in [3.05, 3.63) is 0 Å². The van der Waals surface area contributed by atoms with Crippen molar-refractivity contribution in [2.75, 3.05) is 6.61 Å². The summed E-state index contributed by atoms with van der Waals surface area (Å²) in [6.45, 7) is -0.596. The van der Waals surface area contributed by atoms with E-state index in [0.29, 0.717) is 0 Å². The van der Waals surface area contributed by atoms with Gasteiger partial charge in [0.25, 0.3) is 0 Å². The molecule has 0 spiro atoms. The van der Waals surface area contributed by atoms with Crippen molar-refractivity contribution in [1.82, 2.24) is 0 Å². The maximum Gasteiger partial charge on any atom is 0.184 e. The summed E-state index contributed by atoms with van der Waals surface area (Å²) in [7, 11) is 0. The quantitative estimate of drug-likeness (QED) is 0.306. The Balaban J connectivity index is 2.58. The van der Waals surface area contributed by atoms with Crippen molar-refractivity contribution in [3.8, 4) is 0 Å². The first kappa shape index (κ1) is 9.85. The van der Waals surface area contributed by atoms with E-state index in [9.17, 15) is 0 Å². The maximum atomic E-state index is 9.12. The van der Waals surface area contributed by atoms with Crippen LogP contribution < -0.4 is 0 Å². The molecule has 1 heterocycles. The van der Waals surface area contributed by atoms with Gasteiger partial charge in [0.1, 0.15) is 24.4 Å². The lowest BCUT2D eigenvalue weighted by molar-refractivity contribution is -0.150. The van der Waals surface area contributed by atoms with Gasteiger partial charge in [-0.05, 0) is 0 Å². The van der Waals surface area contributed by atoms with Crippen LogP contribution in [-0.4, -0.2) is 62.8 Å². The Morgan fingerprint density at radius 1 is 1.17 bits per heavy atom. The molecule has 1 aliphatic heterocycles. The second-order valence-electron chi connectivity index (χ2n) is 2.72. The average Bonchev–Trinajstić information content (AvgIpc) is 2.32. The second-order valence-corrected chi connectivity index (χ2v) is 2.72. The first-order valence-corrected chi connectivity index (χ1v) is 3.56. The molecule has 0 amide bonds. The van der Waals surface area contributed by atoms with Crippen molar-refractivity contribution < 1.29 is 30.3 Å². The first-order chi connectivity index (χ1) is 5.57. The number of aliphatic hydroxyl groups excluding tert-OH is 5. The van der Waals surface area contributed by atoms with Crippen molar-refractivity contribution in [2.24, 2.45) is 0 Å². The molecule has 72 valence electrons. The predicted molar refractivity (Wildman–Crippen MR) is 36.0 cm³/mol. The number of hydrogen-bond donors (Lipinski definition) is 5. The molecule has 5 N–H and O–H groups in total. The third-order valence-electron chi connectivity index (χ3n) is 1.84. The summed E-state index contributed by atoms with van der Waals surface area (Å²) in [5.41, 5.74) is 0. The number of rotatable bonds is 2. The van der Waals surface area contributed by atoms with E-state index in [-0.39, 0.29) is 0 Å². The first-order valence-electron chi connectivity index (χ1n) is 3.56. The molecular formula is C6H12O6. The highest BCUT2D eigenvalue weighted by Crippen LogP contribution is 2.21. The summed E-state index contributed by atoms with van der Waals surface area (Å²) < 4.78 is 4.58. The summed E-state index contributed by atoms with van der Waals surface area (Å²) in [5, 5.41) is 44.4. The molecule has 0 aromatic rings. The van der Waals surface area contributed by atoms with Gasteiger partial charge in [-0.1, -0.05) is 0 Å². The zero-order chi connectivity index (χ0) is 9.30. The third-order valence-corrected chi connectivity index (χ3v) is 1.84. The van der Waals surface area contributed by atoms with Crippen LogP contribution in [0.2, 0.25) is 0 Å². The van der Waals surface area contributed by atoms with E-state index in [0.717, 1.165) is 0 Å². The molecule has 0 unspecified atom stereocenters. The van der Waals surface area contributed by atoms with Gasteiger partial charge in [-0.2, -0.15) is 0 Å². The fraction of sp³-hybridized carbons (Fsp3) is 1.00. The Labute approximate surface area is 68.6 Å². The monoisotopic (exact) mass is 180 g/mol. The van der Waals surface area contributed by atoms with Crippen LogP contribution in [0, 0.1) is 0 Å². The minimum absolute atomic E-state index is 0.596. The Kier molecular flexibility index (Phi) is 2.99. The second kappa shape index (κ2) is 3.65. The molecule has 6 heteroatoms. The van der Waals surface area contributed by atoms with Crippen molar-refractivity contribution in [2.45, 2.75) is 30.7 Å². The van der Waals surface area contributed by atoms with Crippen LogP contribution in [0.4, 0.5) is 0 Å². The fourth-order valence-electron chi connectivity index (χ4n) is 1.11. The van der Waals surface area contributed by atoms with E-state index < -0.39 is 37.3 Å². The molecule has 1 aliphatic rings. The number of aliphatic hydroxyl groups is 5. The highest BCUT2D eigenvalue weighted by atomic mass is 16.6. The van der Waals surface area contributed by atoms with Crippen LogP contribution in [0.25, 0.3) is 0 Å². The van der Waals surface area contributed by atoms with Gasteiger partial charge in [0.15, 0.2) is 6.29 Å². The van der Waals surface area contributed by atoms with Crippen LogP contribution in [0.3, 0.4) is 0 Å². The molecule has 1 fully saturated rings. The lowest BCUT2D eigenvalue weighted by Crippen LogP contribution is -2.40. The molecule has 12 heavy (non-hydrogen) atoms. The number of hydrogen-bond acceptors (Lipinski definition) is 6. The highest BCUT2D eigenvalue weighted by Gasteiger charge is 2.44. The van der Waals surface area contributed by atoms with Gasteiger partial charge in [-0.15, -0.1) is 0 Å². The van der Waals surface area contributed by atoms with Gasteiger partial charge in [0.05, 0.1) is 6.61 Å². The fourth-order valence-corrected chi connectivity index (χ4v) is 1.11. The maximum absolute atomic E-state index is 9.12. The predicted octanol–water partition coefficient (Wildman–Crippen LogP) is -3.22. The van der Waals surface area contributed by atoms with Crippen LogP contribution in [0.5, 0.6) is 0 Å². The van der Waals surface area contributed by atoms with Gasteiger partial charge in [-0.3, -0.25) is 0 Å². The summed E-state index contributed by atoms with van der Waals surface area (Å²) in [6.07, 6.45) is -6.75. The Morgan fingerprint density at radius 2 is 1.75 bits per heavy atom. The Morgan fingerprint density at radius 3 is 2.08 bits per heavy atom. The van der Waals surface area contributed by atoms with Gasteiger partial charge in [0.2, 0.25) is 0 Å². The summed E-state index contributed by atoms with van der Waals surface area (Å²) in [6, 6.07) is 0. The molecular weight excluding hydrogens is 168 g/mol. The smallest absolute Gasteiger partial charge is 0.184 e. The highest BCUT2D eigenvalue weighted by molar-refractivity contribution is 4.89. The SMILES string of the molecule is OC[C@@H](O)[C@@H]1O[C@@H](O)[C@@H](O)[C@@H]1O. The molecule has 0 aromatic heterocycles. The molecule has 1 saturated heterocycles. The molecule has 0 aliphatic carbocycles. The molecule has 0 saturated carbocycles. The van der Waals surface area contributed by atoms with E-state index >= 15 is 0 Å². The van der Waals surface area contributed by atoms with Gasteiger partial charge >= 0.3 is 0 Å². The molecule has 5 atom stereocenters. The summed E-state index contributed by atoms with van der Waals surface area (Å²) in [5.74, 6) is 0. The van der Waals surface area contributed by atoms with Crippen molar-refractivity contribution in [3.63, 3.8) is 0 Å². The normalized spacial score (nSPS) is 44.8. The van der Waals surface area contributed by atoms with Crippen LogP contribution >= 0.6 is 0 Å². The van der Waals surface area contributed by atoms with E-state index in [1.54, 1.807) is 0 Å². The molecule has 0 radical (unpaired) electrons. The zero-order valence-corrected chi connectivity index (χ0v) is 6.24. The van der Waals surface area contributed by atoms with Gasteiger partial charge in [-0.25, -0.2) is 0 Å². The minimum atomic E-state index is -1.51. The zero-order valence-electron chi connectivity index (χ0n) is 6.24. The standard InChI is InChI=1S/C6H12O6/c7-1-2(8)5-3(9)4(10)6(11)12-5/h2-11H,1H2/t2-,3+,4+,5+,6-/m1/s1. The molecule has 1 rings (SSSR count). The lowest BCUT2D eigenvalue weighted by Gasteiger charge is -2.18. The molecule has 0 aromatic carbocycles. The average molecular weight is 180 g/mol. The van der Waals surface area contributed by atoms with Crippen LogP contribution in [-0.2, 0) is 4.74 Å². The van der Waals surface area contributed by atoms with Crippen molar-refractivity contribution in [1.29, 1.82) is 0 Å². The van der Waals surface area contributed by atoms with Crippen LogP contribution in [0.1, 0.15) is 0 Å². The third kappa shape index (κ3) is 1.58. The van der Waals surface area contributed by atoms with Crippen molar-refractivity contribution >= 4 is 0 Å². The van der Waals surface area contributed by atoms with E-state index in [4.69, 9.17) is 25.5 Å². The molecule has 6 nitrogen and oxygen atoms in total.